The van der Waals surface area contributed by atoms with Crippen LogP contribution in [-0.2, 0) is 41.7 Å². The van der Waals surface area contributed by atoms with Gasteiger partial charge in [0.2, 0.25) is 0 Å². The predicted molar refractivity (Wildman–Crippen MR) is 227 cm³/mol. The molecular formula is C37H90O9Si4. The van der Waals surface area contributed by atoms with Gasteiger partial charge in [0.25, 0.3) is 0 Å². The number of methoxy groups -OCH3 is 6. The fourth-order valence-corrected chi connectivity index (χ4v) is 9.37. The SMILES string of the molecule is CCCCCCCCC(C)(CCCCCCCC)O[Si](CCCCCCCC(C)(C)C)(OC(OC)(OC)OC)OC(OC)(OC)OC.[SiH4].[SiH4].[SiH4]. The number of unbranched alkanes of at least 4 members (excludes halogenated alkanes) is 14. The lowest BCUT2D eigenvalue weighted by atomic mass is 9.89. The zero-order valence-electron chi connectivity index (χ0n) is 33.0. The van der Waals surface area contributed by atoms with Crippen LogP contribution in [-0.4, -0.2) is 102 Å². The van der Waals surface area contributed by atoms with Crippen LogP contribution in [0, 0.1) is 5.41 Å². The van der Waals surface area contributed by atoms with E-state index in [1.54, 1.807) is 0 Å². The highest BCUT2D eigenvalue weighted by Crippen LogP contribution is 2.39. The molecule has 308 valence electrons. The Kier molecular flexibility index (Phi) is 36.4. The highest BCUT2D eigenvalue weighted by molar-refractivity contribution is 6.61. The van der Waals surface area contributed by atoms with Gasteiger partial charge in [-0.15, -0.1) is 0 Å². The third kappa shape index (κ3) is 24.8. The zero-order valence-corrected chi connectivity index (χ0v) is 34.0. The van der Waals surface area contributed by atoms with Crippen LogP contribution in [0.25, 0.3) is 0 Å². The van der Waals surface area contributed by atoms with Gasteiger partial charge in [0, 0.05) is 48.7 Å². The van der Waals surface area contributed by atoms with Crippen molar-refractivity contribution in [3.05, 3.63) is 0 Å². The Hall–Kier alpha value is 0.508. The molecule has 0 aromatic heterocycles. The lowest BCUT2D eigenvalue weighted by Crippen LogP contribution is -2.63. The molecule has 0 heterocycles. The van der Waals surface area contributed by atoms with Gasteiger partial charge in [-0.3, -0.25) is 8.85 Å². The second-order valence-electron chi connectivity index (χ2n) is 14.5. The maximum absolute atomic E-state index is 7.29. The minimum Gasteiger partial charge on any atom is -0.368 e. The number of ether oxygens (including phenoxy) is 6. The summed E-state index contributed by atoms with van der Waals surface area (Å²) in [7, 11) is 5.02. The molecule has 0 aliphatic carbocycles. The average molecular weight is 791 g/mol. The first-order valence-electron chi connectivity index (χ1n) is 18.7. The average Bonchev–Trinajstić information content (AvgIpc) is 3.05. The molecule has 0 amide bonds. The van der Waals surface area contributed by atoms with E-state index < -0.39 is 26.7 Å². The van der Waals surface area contributed by atoms with Crippen molar-refractivity contribution in [3.63, 3.8) is 0 Å². The largest absolute Gasteiger partial charge is 0.512 e. The summed E-state index contributed by atoms with van der Waals surface area (Å²) in [6.45, 7) is 13.6. The fraction of sp³-hybridized carbons (Fsp3) is 1.00. The van der Waals surface area contributed by atoms with Crippen LogP contribution in [0.1, 0.15) is 170 Å². The van der Waals surface area contributed by atoms with Gasteiger partial charge in [0.1, 0.15) is 0 Å². The summed E-state index contributed by atoms with van der Waals surface area (Å²) in [6.07, 6.45) is 19.0. The highest BCUT2D eigenvalue weighted by Gasteiger charge is 2.58. The Morgan fingerprint density at radius 1 is 0.380 bits per heavy atom. The topological polar surface area (TPSA) is 83.1 Å². The lowest BCUT2D eigenvalue weighted by Gasteiger charge is -2.45. The molecule has 0 fully saturated rings. The summed E-state index contributed by atoms with van der Waals surface area (Å²) in [4.78, 5) is 0. The Morgan fingerprint density at radius 3 is 1.00 bits per heavy atom. The summed E-state index contributed by atoms with van der Waals surface area (Å²) in [5, 5.41) is 0. The molecule has 13 heteroatoms. The molecule has 0 radical (unpaired) electrons. The van der Waals surface area contributed by atoms with Gasteiger partial charge in [-0.1, -0.05) is 137 Å². The van der Waals surface area contributed by atoms with Crippen molar-refractivity contribution >= 4 is 41.7 Å². The Balaban J connectivity index is -0.00000353. The standard InChI is InChI=1S/C37H78O9Si.3H4Si/c1-13-15-17-19-23-27-31-35(6,32-28-24-20-18-16-14-2)44-47(45-36(38-7,39-8)40-9,46-37(41-10,42-11)43-12)33-29-25-21-22-26-30-34(3,4)5;;;/h13-33H2,1-12H3;3*1H4. The van der Waals surface area contributed by atoms with E-state index in [2.05, 4.69) is 41.5 Å². The van der Waals surface area contributed by atoms with Crippen LogP contribution in [0.5, 0.6) is 0 Å². The van der Waals surface area contributed by atoms with Crippen molar-refractivity contribution < 1.29 is 41.7 Å². The van der Waals surface area contributed by atoms with E-state index in [1.165, 1.54) is 113 Å². The third-order valence-electron chi connectivity index (χ3n) is 8.99. The number of hydrogen-bond acceptors (Lipinski definition) is 9. The van der Waals surface area contributed by atoms with Gasteiger partial charge in [-0.2, -0.15) is 0 Å². The van der Waals surface area contributed by atoms with Crippen LogP contribution in [0.15, 0.2) is 0 Å². The van der Waals surface area contributed by atoms with Crippen molar-refractivity contribution in [1.29, 1.82) is 0 Å². The summed E-state index contributed by atoms with van der Waals surface area (Å²) in [6, 6.07) is 0.477. The molecule has 50 heavy (non-hydrogen) atoms. The van der Waals surface area contributed by atoms with Crippen LogP contribution in [0.4, 0.5) is 0 Å². The summed E-state index contributed by atoms with van der Waals surface area (Å²) < 4.78 is 54.7. The van der Waals surface area contributed by atoms with Crippen molar-refractivity contribution in [2.45, 2.75) is 194 Å². The normalized spacial score (nSPS) is 12.7. The molecule has 0 bridgehead atoms. The van der Waals surface area contributed by atoms with Crippen molar-refractivity contribution in [2.24, 2.45) is 5.41 Å². The van der Waals surface area contributed by atoms with Gasteiger partial charge < -0.3 is 32.8 Å². The van der Waals surface area contributed by atoms with E-state index in [9.17, 15) is 0 Å². The summed E-state index contributed by atoms with van der Waals surface area (Å²) in [5.41, 5.74) is -0.183. The minimum absolute atomic E-state index is 0. The van der Waals surface area contributed by atoms with Gasteiger partial charge in [-0.05, 0) is 70.9 Å². The first kappa shape index (κ1) is 57.2. The molecule has 0 atom stereocenters. The minimum atomic E-state index is -3.84. The summed E-state index contributed by atoms with van der Waals surface area (Å²) >= 11 is 0. The molecule has 9 nitrogen and oxygen atoms in total. The van der Waals surface area contributed by atoms with Crippen LogP contribution < -0.4 is 0 Å². The molecule has 0 aliphatic rings. The van der Waals surface area contributed by atoms with Crippen molar-refractivity contribution in [2.75, 3.05) is 42.7 Å². The molecule has 0 saturated heterocycles. The maximum Gasteiger partial charge on any atom is 0.512 e. The summed E-state index contributed by atoms with van der Waals surface area (Å²) in [5.74, 6) is 0. The zero-order chi connectivity index (χ0) is 35.7. The maximum atomic E-state index is 7.29. The number of rotatable bonds is 33. The van der Waals surface area contributed by atoms with Crippen molar-refractivity contribution in [1.82, 2.24) is 0 Å². The molecular weight excluding hydrogens is 701 g/mol. The molecule has 0 N–H and O–H groups in total. The van der Waals surface area contributed by atoms with Gasteiger partial charge >= 0.3 is 21.1 Å². The second kappa shape index (κ2) is 31.8. The Labute approximate surface area is 324 Å². The van der Waals surface area contributed by atoms with Gasteiger partial charge in [0.05, 0.1) is 5.60 Å². The monoisotopic (exact) mass is 791 g/mol. The molecule has 0 unspecified atom stereocenters. The van der Waals surface area contributed by atoms with E-state index in [0.29, 0.717) is 11.5 Å². The van der Waals surface area contributed by atoms with E-state index >= 15 is 0 Å². The molecule has 0 aromatic carbocycles. The van der Waals surface area contributed by atoms with E-state index in [-0.39, 0.29) is 32.9 Å². The van der Waals surface area contributed by atoms with Crippen LogP contribution >= 0.6 is 0 Å². The number of hydrogen-bond donors (Lipinski definition) is 0. The molecule has 0 aromatic rings. The van der Waals surface area contributed by atoms with E-state index in [1.807, 2.05) is 0 Å². The first-order valence-corrected chi connectivity index (χ1v) is 20.7. The van der Waals surface area contributed by atoms with Crippen LogP contribution in [0.2, 0.25) is 6.04 Å². The van der Waals surface area contributed by atoms with Gasteiger partial charge in [0.15, 0.2) is 0 Å². The molecule has 0 aliphatic heterocycles. The smallest absolute Gasteiger partial charge is 0.368 e. The Morgan fingerprint density at radius 2 is 0.680 bits per heavy atom. The lowest BCUT2D eigenvalue weighted by molar-refractivity contribution is -0.488. The molecule has 0 spiro atoms. The first-order chi connectivity index (χ1) is 22.3. The van der Waals surface area contributed by atoms with Crippen LogP contribution in [0.3, 0.4) is 0 Å². The molecule has 0 saturated carbocycles. The Bertz CT molecular complexity index is 682. The molecule has 0 rings (SSSR count). The predicted octanol–water partition coefficient (Wildman–Crippen LogP) is 6.37. The highest BCUT2D eigenvalue weighted by atomic mass is 28.4. The van der Waals surface area contributed by atoms with E-state index in [0.717, 1.165) is 57.8 Å². The second-order valence-corrected chi connectivity index (χ2v) is 17.0. The fourth-order valence-electron chi connectivity index (χ4n) is 6.03. The third-order valence-corrected chi connectivity index (χ3v) is 11.9. The van der Waals surface area contributed by atoms with Gasteiger partial charge in [-0.25, -0.2) is 0 Å². The van der Waals surface area contributed by atoms with Crippen molar-refractivity contribution in [3.8, 4) is 0 Å². The quantitative estimate of drug-likeness (QED) is 0.0428. The van der Waals surface area contributed by atoms with E-state index in [4.69, 9.17) is 41.7 Å².